The lowest BCUT2D eigenvalue weighted by Gasteiger charge is -2.36. The molecule has 5 rings (SSSR count). The molecule has 0 saturated carbocycles. The van der Waals surface area contributed by atoms with Crippen LogP contribution in [0.2, 0.25) is 0 Å². The average molecular weight is 627 g/mol. The van der Waals surface area contributed by atoms with Gasteiger partial charge in [-0.1, -0.05) is 98.4 Å². The maximum Gasteiger partial charge on any atom is 0.244 e. The van der Waals surface area contributed by atoms with E-state index in [9.17, 15) is 13.2 Å². The van der Waals surface area contributed by atoms with E-state index in [-0.39, 0.29) is 30.8 Å². The highest BCUT2D eigenvalue weighted by molar-refractivity contribution is 7.89. The first-order chi connectivity index (χ1) is 21.3. The summed E-state index contributed by atoms with van der Waals surface area (Å²) in [5.74, 6) is 0.257. The molecular formula is C38H46N2O4S. The first-order valence-electron chi connectivity index (χ1n) is 15.5. The predicted octanol–water partition coefficient (Wildman–Crippen LogP) is 7.29. The molecule has 1 aliphatic rings. The molecule has 0 fully saturated rings. The van der Waals surface area contributed by atoms with Gasteiger partial charge in [-0.2, -0.15) is 4.31 Å². The number of fused-ring (bicyclic) bond motifs is 1. The summed E-state index contributed by atoms with van der Waals surface area (Å²) in [7, 11) is -2.47. The van der Waals surface area contributed by atoms with Gasteiger partial charge in [0.15, 0.2) is 0 Å². The van der Waals surface area contributed by atoms with Crippen molar-refractivity contribution in [3.05, 3.63) is 131 Å². The summed E-state index contributed by atoms with van der Waals surface area (Å²) in [6.45, 7) is 2.01. The summed E-state index contributed by atoms with van der Waals surface area (Å²) in [5.41, 5.74) is 5.32. The monoisotopic (exact) mass is 626 g/mol. The first-order valence-corrected chi connectivity index (χ1v) is 16.9. The lowest BCUT2D eigenvalue weighted by Crippen LogP contribution is -2.54. The number of hydrogen-bond donors (Lipinski definition) is 1. The first kappa shape index (κ1) is 33.9. The summed E-state index contributed by atoms with van der Waals surface area (Å²) in [4.78, 5) is 14.2. The van der Waals surface area contributed by atoms with Gasteiger partial charge in [-0.15, -0.1) is 0 Å². The van der Waals surface area contributed by atoms with Crippen LogP contribution < -0.4 is 10.1 Å². The number of hydrogen-bond acceptors (Lipinski definition) is 4. The minimum Gasteiger partial charge on any atom is -0.496 e. The summed E-state index contributed by atoms with van der Waals surface area (Å²) >= 11 is 0. The third-order valence-corrected chi connectivity index (χ3v) is 10.4. The zero-order chi connectivity index (χ0) is 30.9. The van der Waals surface area contributed by atoms with E-state index in [1.807, 2.05) is 67.6 Å². The van der Waals surface area contributed by atoms with E-state index in [2.05, 4.69) is 29.6 Å². The van der Waals surface area contributed by atoms with Gasteiger partial charge in [0.1, 0.15) is 11.8 Å². The van der Waals surface area contributed by atoms with Gasteiger partial charge in [0.05, 0.1) is 12.0 Å². The van der Waals surface area contributed by atoms with Crippen molar-refractivity contribution in [3.8, 4) is 5.75 Å². The van der Waals surface area contributed by atoms with Crippen molar-refractivity contribution in [1.29, 1.82) is 0 Å². The van der Waals surface area contributed by atoms with Crippen LogP contribution >= 0.6 is 0 Å². The molecule has 0 saturated heterocycles. The maximum atomic E-state index is 14.1. The number of carbonyl (C=O) groups excluding carboxylic acids is 1. The Kier molecular flexibility index (Phi) is 12.0. The Bertz CT molecular complexity index is 1600. The lowest BCUT2D eigenvalue weighted by molar-refractivity contribution is -0.126. The highest BCUT2D eigenvalue weighted by Gasteiger charge is 2.40. The zero-order valence-electron chi connectivity index (χ0n) is 25.6. The number of nitrogens with zero attached hydrogens (tertiary/aromatic N) is 1. The number of amides is 1. The van der Waals surface area contributed by atoms with Gasteiger partial charge < -0.3 is 10.1 Å². The Labute approximate surface area is 269 Å². The zero-order valence-corrected chi connectivity index (χ0v) is 26.4. The fraction of sp³-hybridized carbons (Fsp3) is 0.342. The molecule has 1 heterocycles. The largest absolute Gasteiger partial charge is 0.496 e. The molecule has 0 radical (unpaired) electrons. The molecule has 1 amide bonds. The summed E-state index contributed by atoms with van der Waals surface area (Å²) in [6, 6.07) is 32.5. The van der Waals surface area contributed by atoms with E-state index in [0.717, 1.165) is 55.2 Å². The molecule has 1 unspecified atom stereocenters. The second-order valence-corrected chi connectivity index (χ2v) is 13.5. The van der Waals surface area contributed by atoms with E-state index in [1.165, 1.54) is 22.5 Å². The average Bonchev–Trinajstić information content (AvgIpc) is 3.05. The van der Waals surface area contributed by atoms with Gasteiger partial charge >= 0.3 is 0 Å². The van der Waals surface area contributed by atoms with Gasteiger partial charge in [0.25, 0.3) is 0 Å². The molecule has 4 aromatic carbocycles. The third-order valence-electron chi connectivity index (χ3n) is 8.56. The molecule has 1 atom stereocenters. The number of aryl methyl sites for hydroxylation is 3. The van der Waals surface area contributed by atoms with E-state index in [1.54, 1.807) is 18.2 Å². The number of ether oxygens (including phenoxy) is 1. The molecule has 4 aromatic rings. The van der Waals surface area contributed by atoms with Crippen molar-refractivity contribution in [3.63, 3.8) is 0 Å². The molecule has 0 aliphatic carbocycles. The Hall–Kier alpha value is -3.94. The summed E-state index contributed by atoms with van der Waals surface area (Å²) in [5, 5.41) is 3.31. The number of benzene rings is 4. The summed E-state index contributed by atoms with van der Waals surface area (Å²) in [6.07, 6.45) is 5.68. The molecule has 45 heavy (non-hydrogen) atoms. The van der Waals surface area contributed by atoms with Crippen LogP contribution in [0.15, 0.2) is 108 Å². The Morgan fingerprint density at radius 3 is 1.98 bits per heavy atom. The molecule has 1 N–H and O–H groups in total. The van der Waals surface area contributed by atoms with E-state index >= 15 is 0 Å². The SMILES string of the molecule is C.COc1cc(S(=O)(=O)N2Cc3ccccc3CC2C(=O)NC(CCCc2ccccc2)CCCc2ccccc2)ccc1C. The van der Waals surface area contributed by atoms with Crippen LogP contribution in [0.5, 0.6) is 5.75 Å². The minimum absolute atomic E-state index is 0. The Morgan fingerprint density at radius 2 is 1.40 bits per heavy atom. The Balaban J connectivity index is 0.00000461. The highest BCUT2D eigenvalue weighted by Crippen LogP contribution is 2.31. The smallest absolute Gasteiger partial charge is 0.244 e. The molecule has 0 aromatic heterocycles. The number of carbonyl (C=O) groups is 1. The Morgan fingerprint density at radius 1 is 0.844 bits per heavy atom. The molecule has 1 aliphatic heterocycles. The van der Waals surface area contributed by atoms with Gasteiger partial charge in [-0.25, -0.2) is 8.42 Å². The predicted molar refractivity (Wildman–Crippen MR) is 182 cm³/mol. The van der Waals surface area contributed by atoms with Crippen molar-refractivity contribution < 1.29 is 17.9 Å². The van der Waals surface area contributed by atoms with Crippen molar-refractivity contribution in [1.82, 2.24) is 9.62 Å². The van der Waals surface area contributed by atoms with Gasteiger partial charge in [0.2, 0.25) is 15.9 Å². The standard InChI is InChI=1S/C37H42N2O4S.CH4/c1-28-23-24-34(26-36(28)43-2)44(41,42)39-27-32-20-10-9-19-31(32)25-35(39)37(40)38-33(21-11-17-29-13-5-3-6-14-29)22-12-18-30-15-7-4-8-16-30;/h3-10,13-16,19-20,23-24,26,33,35H,11-12,17-18,21-22,25,27H2,1-2H3,(H,38,40);1H4. The van der Waals surface area contributed by atoms with E-state index in [4.69, 9.17) is 4.74 Å². The van der Waals surface area contributed by atoms with E-state index in [0.29, 0.717) is 12.2 Å². The molecule has 0 spiro atoms. The van der Waals surface area contributed by atoms with Crippen LogP contribution in [0.3, 0.4) is 0 Å². The maximum absolute atomic E-state index is 14.1. The second-order valence-electron chi connectivity index (χ2n) is 11.6. The van der Waals surface area contributed by atoms with Crippen molar-refractivity contribution in [2.75, 3.05) is 7.11 Å². The number of nitrogens with one attached hydrogen (secondary N) is 1. The van der Waals surface area contributed by atoms with Crippen molar-refractivity contribution >= 4 is 15.9 Å². The van der Waals surface area contributed by atoms with Crippen LogP contribution in [0, 0.1) is 6.92 Å². The van der Waals surface area contributed by atoms with E-state index < -0.39 is 16.1 Å². The van der Waals surface area contributed by atoms with Crippen LogP contribution in [0.4, 0.5) is 0 Å². The quantitative estimate of drug-likeness (QED) is 0.169. The molecule has 7 heteroatoms. The van der Waals surface area contributed by atoms with Crippen LogP contribution in [0.1, 0.15) is 60.9 Å². The number of methoxy groups -OCH3 is 1. The van der Waals surface area contributed by atoms with Crippen LogP contribution in [0.25, 0.3) is 0 Å². The normalized spacial score (nSPS) is 14.8. The fourth-order valence-electron chi connectivity index (χ4n) is 6.05. The van der Waals surface area contributed by atoms with Crippen molar-refractivity contribution in [2.45, 2.75) is 82.8 Å². The van der Waals surface area contributed by atoms with Crippen LogP contribution in [-0.4, -0.2) is 37.8 Å². The third kappa shape index (κ3) is 8.62. The number of sulfonamides is 1. The van der Waals surface area contributed by atoms with Crippen molar-refractivity contribution in [2.24, 2.45) is 0 Å². The molecule has 6 nitrogen and oxygen atoms in total. The van der Waals surface area contributed by atoms with Crippen LogP contribution in [-0.2, 0) is 40.6 Å². The molecule has 238 valence electrons. The molecule has 0 bridgehead atoms. The molecular weight excluding hydrogens is 580 g/mol. The lowest BCUT2D eigenvalue weighted by atomic mass is 9.94. The topological polar surface area (TPSA) is 75.7 Å². The number of rotatable bonds is 13. The summed E-state index contributed by atoms with van der Waals surface area (Å²) < 4.78 is 35.1. The minimum atomic E-state index is -4.00. The van der Waals surface area contributed by atoms with Gasteiger partial charge in [0, 0.05) is 18.7 Å². The van der Waals surface area contributed by atoms with Gasteiger partial charge in [-0.3, -0.25) is 4.79 Å². The fourth-order valence-corrected chi connectivity index (χ4v) is 7.63. The highest BCUT2D eigenvalue weighted by atomic mass is 32.2. The van der Waals surface area contributed by atoms with Gasteiger partial charge in [-0.05, 0) is 85.8 Å². The second kappa shape index (κ2) is 15.9.